The predicted molar refractivity (Wildman–Crippen MR) is 172 cm³/mol. The van der Waals surface area contributed by atoms with Gasteiger partial charge in [-0.15, -0.1) is 11.8 Å². The minimum atomic E-state index is -0.685. The number of halogens is 3. The lowest BCUT2D eigenvalue weighted by molar-refractivity contribution is -0.121. The minimum Gasteiger partial charge on any atom is -0.321 e. The molecule has 43 heavy (non-hydrogen) atoms. The van der Waals surface area contributed by atoms with E-state index in [1.54, 1.807) is 84.9 Å². The number of amides is 4. The number of hydrogen-bond acceptors (Lipinski definition) is 5. The van der Waals surface area contributed by atoms with Gasteiger partial charge in [-0.3, -0.25) is 19.2 Å². The molecular weight excluding hydrogens is 701 g/mol. The zero-order valence-electron chi connectivity index (χ0n) is 22.2. The van der Waals surface area contributed by atoms with E-state index >= 15 is 0 Å². The second-order valence-corrected chi connectivity index (χ2v) is 12.4. The van der Waals surface area contributed by atoms with Crippen LogP contribution in [0.25, 0.3) is 6.08 Å². The van der Waals surface area contributed by atoms with Gasteiger partial charge in [0.25, 0.3) is 11.8 Å². The molecule has 1 atom stereocenters. The van der Waals surface area contributed by atoms with Crippen molar-refractivity contribution in [1.82, 2.24) is 5.32 Å². The summed E-state index contributed by atoms with van der Waals surface area (Å²) < 4.78 is 15.9. The number of carbonyl (C=O) groups is 4. The highest BCUT2D eigenvalue weighted by Crippen LogP contribution is 2.35. The molecule has 11 heteroatoms. The van der Waals surface area contributed by atoms with Crippen LogP contribution in [-0.2, 0) is 14.4 Å². The first-order chi connectivity index (χ1) is 20.7. The van der Waals surface area contributed by atoms with Crippen LogP contribution >= 0.6 is 43.6 Å². The number of imide groups is 1. The van der Waals surface area contributed by atoms with Gasteiger partial charge in [-0.05, 0) is 72.8 Å². The zero-order valence-corrected chi connectivity index (χ0v) is 26.2. The van der Waals surface area contributed by atoms with Gasteiger partial charge in [0.15, 0.2) is 0 Å². The lowest BCUT2D eigenvalue weighted by Crippen LogP contribution is -2.31. The van der Waals surface area contributed by atoms with Crippen molar-refractivity contribution in [3.05, 3.63) is 129 Å². The molecule has 0 saturated carbocycles. The van der Waals surface area contributed by atoms with Gasteiger partial charge < -0.3 is 10.6 Å². The van der Waals surface area contributed by atoms with Crippen LogP contribution in [-0.4, -0.2) is 28.9 Å². The summed E-state index contributed by atoms with van der Waals surface area (Å²) in [6.45, 7) is 0. The first-order valence-electron chi connectivity index (χ1n) is 12.9. The SMILES string of the molecule is O=C(Nc1cccc(S[C@H]2CC(=O)N(c3ccc(Br)cc3)C2=O)c1)/C(=C/c1c(F)cccc1Br)NC(=O)c1ccccc1. The highest BCUT2D eigenvalue weighted by molar-refractivity contribution is 9.10. The second-order valence-electron chi connectivity index (χ2n) is 9.35. The molecule has 216 valence electrons. The molecule has 0 aliphatic carbocycles. The summed E-state index contributed by atoms with van der Waals surface area (Å²) in [7, 11) is 0. The van der Waals surface area contributed by atoms with E-state index in [4.69, 9.17) is 0 Å². The molecule has 0 radical (unpaired) electrons. The monoisotopic (exact) mass is 721 g/mol. The van der Waals surface area contributed by atoms with Gasteiger partial charge >= 0.3 is 0 Å². The Bertz CT molecular complexity index is 1730. The highest BCUT2D eigenvalue weighted by atomic mass is 79.9. The molecule has 0 unspecified atom stereocenters. The summed E-state index contributed by atoms with van der Waals surface area (Å²) in [5, 5.41) is 4.70. The summed E-state index contributed by atoms with van der Waals surface area (Å²) >= 11 is 7.86. The Hall–Kier alpha value is -4.06. The molecule has 1 aliphatic heterocycles. The molecule has 7 nitrogen and oxygen atoms in total. The summed E-state index contributed by atoms with van der Waals surface area (Å²) in [6, 6.07) is 26.4. The minimum absolute atomic E-state index is 0.0338. The van der Waals surface area contributed by atoms with E-state index in [9.17, 15) is 23.6 Å². The third-order valence-electron chi connectivity index (χ3n) is 6.38. The molecular formula is C32H22Br2FN3O4S. The van der Waals surface area contributed by atoms with Gasteiger partial charge in [0.05, 0.1) is 10.9 Å². The molecule has 4 amide bonds. The van der Waals surface area contributed by atoms with E-state index in [-0.39, 0.29) is 29.5 Å². The van der Waals surface area contributed by atoms with Crippen LogP contribution in [0.3, 0.4) is 0 Å². The summed E-state index contributed by atoms with van der Waals surface area (Å²) in [5.41, 5.74) is 1.11. The maximum atomic E-state index is 14.6. The Balaban J connectivity index is 1.35. The first kappa shape index (κ1) is 30.4. The molecule has 1 fully saturated rings. The van der Waals surface area contributed by atoms with Gasteiger partial charge in [0.2, 0.25) is 11.8 Å². The van der Waals surface area contributed by atoms with Gasteiger partial charge in [-0.1, -0.05) is 62.2 Å². The summed E-state index contributed by atoms with van der Waals surface area (Å²) in [6.07, 6.45) is 1.29. The van der Waals surface area contributed by atoms with Crippen LogP contribution in [0.1, 0.15) is 22.3 Å². The van der Waals surface area contributed by atoms with Crippen molar-refractivity contribution < 1.29 is 23.6 Å². The number of benzene rings is 4. The molecule has 4 aromatic rings. The Morgan fingerprint density at radius 1 is 0.907 bits per heavy atom. The maximum Gasteiger partial charge on any atom is 0.272 e. The van der Waals surface area contributed by atoms with Crippen LogP contribution in [0.5, 0.6) is 0 Å². The van der Waals surface area contributed by atoms with E-state index < -0.39 is 22.9 Å². The van der Waals surface area contributed by atoms with Crippen LogP contribution in [0.4, 0.5) is 15.8 Å². The molecule has 0 aromatic heterocycles. The number of carbonyl (C=O) groups excluding carboxylic acids is 4. The molecule has 0 bridgehead atoms. The third kappa shape index (κ3) is 7.30. The van der Waals surface area contributed by atoms with Crippen LogP contribution in [0.2, 0.25) is 0 Å². The topological polar surface area (TPSA) is 95.6 Å². The summed E-state index contributed by atoms with van der Waals surface area (Å²) in [5.74, 6) is -2.43. The van der Waals surface area contributed by atoms with Crippen LogP contribution < -0.4 is 15.5 Å². The number of anilines is 2. The van der Waals surface area contributed by atoms with Gasteiger partial charge in [-0.25, -0.2) is 9.29 Å². The van der Waals surface area contributed by atoms with Gasteiger partial charge in [0, 0.05) is 37.1 Å². The smallest absolute Gasteiger partial charge is 0.272 e. The van der Waals surface area contributed by atoms with Gasteiger partial charge in [0.1, 0.15) is 11.5 Å². The van der Waals surface area contributed by atoms with Gasteiger partial charge in [-0.2, -0.15) is 0 Å². The fourth-order valence-corrected chi connectivity index (χ4v) is 6.14. The quantitative estimate of drug-likeness (QED) is 0.148. The lowest BCUT2D eigenvalue weighted by Gasteiger charge is -2.15. The molecule has 1 aliphatic rings. The molecule has 2 N–H and O–H groups in total. The molecule has 4 aromatic carbocycles. The van der Waals surface area contributed by atoms with Crippen molar-refractivity contribution >= 4 is 84.7 Å². The third-order valence-corrected chi connectivity index (χ3v) is 8.78. The summed E-state index contributed by atoms with van der Waals surface area (Å²) in [4.78, 5) is 54.0. The standard InChI is InChI=1S/C32H22Br2FN3O4S/c33-20-12-14-22(15-13-20)38-29(39)18-28(32(38)42)43-23-9-4-8-21(16-23)36-31(41)27(17-24-25(34)10-5-11-26(24)35)37-30(40)19-6-2-1-3-7-19/h1-17,28H,18H2,(H,36,41)(H,37,40)/b27-17-/t28-/m0/s1. The number of hydrogen-bond donors (Lipinski definition) is 2. The Kier molecular flexibility index (Phi) is 9.54. The second kappa shape index (κ2) is 13.5. The van der Waals surface area contributed by atoms with Crippen molar-refractivity contribution in [2.45, 2.75) is 16.6 Å². The fourth-order valence-electron chi connectivity index (χ4n) is 4.30. The average Bonchev–Trinajstić information content (AvgIpc) is 3.27. The number of nitrogens with zero attached hydrogens (tertiary/aromatic N) is 1. The van der Waals surface area contributed by atoms with E-state index in [0.29, 0.717) is 26.3 Å². The van der Waals surface area contributed by atoms with Crippen molar-refractivity contribution in [2.75, 3.05) is 10.2 Å². The largest absolute Gasteiger partial charge is 0.321 e. The molecule has 1 heterocycles. The van der Waals surface area contributed by atoms with Crippen molar-refractivity contribution in [3.8, 4) is 0 Å². The Labute approximate surface area is 267 Å². The number of nitrogens with one attached hydrogen (secondary N) is 2. The molecule has 0 spiro atoms. The maximum absolute atomic E-state index is 14.6. The predicted octanol–water partition coefficient (Wildman–Crippen LogP) is 7.18. The number of rotatable bonds is 8. The van der Waals surface area contributed by atoms with Crippen LogP contribution in [0.15, 0.2) is 117 Å². The highest BCUT2D eigenvalue weighted by Gasteiger charge is 2.40. The average molecular weight is 723 g/mol. The normalized spacial score (nSPS) is 15.0. The van der Waals surface area contributed by atoms with E-state index in [0.717, 1.165) is 4.47 Å². The van der Waals surface area contributed by atoms with E-state index in [2.05, 4.69) is 42.5 Å². The molecule has 1 saturated heterocycles. The van der Waals surface area contributed by atoms with E-state index in [1.807, 2.05) is 0 Å². The van der Waals surface area contributed by atoms with Crippen molar-refractivity contribution in [2.24, 2.45) is 0 Å². The Morgan fingerprint density at radius 3 is 2.35 bits per heavy atom. The Morgan fingerprint density at radius 2 is 1.63 bits per heavy atom. The van der Waals surface area contributed by atoms with E-state index in [1.165, 1.54) is 34.9 Å². The molecule has 5 rings (SSSR count). The number of thioether (sulfide) groups is 1. The zero-order chi connectivity index (χ0) is 30.5. The lowest BCUT2D eigenvalue weighted by atomic mass is 10.1. The first-order valence-corrected chi connectivity index (χ1v) is 15.4. The van der Waals surface area contributed by atoms with Crippen LogP contribution in [0, 0.1) is 5.82 Å². The van der Waals surface area contributed by atoms with Crippen molar-refractivity contribution in [3.63, 3.8) is 0 Å². The fraction of sp³-hybridized carbons (Fsp3) is 0.0625. The van der Waals surface area contributed by atoms with Crippen molar-refractivity contribution in [1.29, 1.82) is 0 Å².